The average molecular weight is 270 g/mol. The molecule has 7 nitrogen and oxygen atoms in total. The van der Waals surface area contributed by atoms with Gasteiger partial charge in [0.25, 0.3) is 0 Å². The molecule has 2 saturated heterocycles. The maximum absolute atomic E-state index is 12.4. The highest BCUT2D eigenvalue weighted by Gasteiger charge is 2.34. The Bertz CT molecular complexity index is 374. The Morgan fingerprint density at radius 1 is 1.47 bits per heavy atom. The number of amides is 2. The molecule has 2 heterocycles. The van der Waals surface area contributed by atoms with Crippen molar-refractivity contribution < 1.29 is 24.2 Å². The molecule has 0 radical (unpaired) electrons. The molecule has 106 valence electrons. The van der Waals surface area contributed by atoms with E-state index < -0.39 is 12.0 Å². The topological polar surface area (TPSA) is 95.9 Å². The van der Waals surface area contributed by atoms with Gasteiger partial charge < -0.3 is 20.1 Å². The van der Waals surface area contributed by atoms with Crippen molar-refractivity contribution in [2.24, 2.45) is 5.92 Å². The van der Waals surface area contributed by atoms with E-state index in [0.29, 0.717) is 32.5 Å². The van der Waals surface area contributed by atoms with Gasteiger partial charge in [0.15, 0.2) is 0 Å². The second-order valence-electron chi connectivity index (χ2n) is 4.90. The van der Waals surface area contributed by atoms with Crippen LogP contribution in [0.1, 0.15) is 19.3 Å². The Labute approximate surface area is 110 Å². The summed E-state index contributed by atoms with van der Waals surface area (Å²) >= 11 is 0. The molecule has 2 aliphatic heterocycles. The molecule has 7 heteroatoms. The Morgan fingerprint density at radius 2 is 2.26 bits per heavy atom. The van der Waals surface area contributed by atoms with Crippen LogP contribution in [0, 0.1) is 5.92 Å². The molecule has 0 aliphatic carbocycles. The van der Waals surface area contributed by atoms with Crippen LogP contribution in [-0.2, 0) is 19.1 Å². The van der Waals surface area contributed by atoms with Crippen molar-refractivity contribution in [2.75, 3.05) is 26.3 Å². The molecular formula is C12H18N2O5. The number of carboxylic acid groups (broad SMARTS) is 1. The summed E-state index contributed by atoms with van der Waals surface area (Å²) in [4.78, 5) is 35.9. The van der Waals surface area contributed by atoms with Crippen LogP contribution < -0.4 is 5.32 Å². The van der Waals surface area contributed by atoms with Crippen molar-refractivity contribution in [1.29, 1.82) is 0 Å². The summed E-state index contributed by atoms with van der Waals surface area (Å²) in [5.41, 5.74) is 0. The first-order valence-corrected chi connectivity index (χ1v) is 6.44. The molecule has 2 unspecified atom stereocenters. The number of carbonyl (C=O) groups excluding carboxylic acids is 2. The van der Waals surface area contributed by atoms with Gasteiger partial charge in [-0.25, -0.2) is 0 Å². The number of hydrogen-bond acceptors (Lipinski definition) is 4. The van der Waals surface area contributed by atoms with Gasteiger partial charge >= 0.3 is 5.97 Å². The van der Waals surface area contributed by atoms with Crippen molar-refractivity contribution in [3.05, 3.63) is 0 Å². The van der Waals surface area contributed by atoms with Crippen LogP contribution in [0.4, 0.5) is 0 Å². The molecule has 0 aromatic rings. The second kappa shape index (κ2) is 6.01. The van der Waals surface area contributed by atoms with Gasteiger partial charge in [-0.05, 0) is 6.42 Å². The largest absolute Gasteiger partial charge is 0.481 e. The number of aliphatic carboxylic acids is 1. The lowest BCUT2D eigenvalue weighted by Crippen LogP contribution is -2.53. The van der Waals surface area contributed by atoms with E-state index in [-0.39, 0.29) is 30.8 Å². The van der Waals surface area contributed by atoms with Crippen molar-refractivity contribution in [3.8, 4) is 0 Å². The number of morpholine rings is 1. The van der Waals surface area contributed by atoms with Crippen molar-refractivity contribution in [3.63, 3.8) is 0 Å². The molecule has 2 aliphatic rings. The summed E-state index contributed by atoms with van der Waals surface area (Å²) in [7, 11) is 0. The van der Waals surface area contributed by atoms with Gasteiger partial charge in [-0.15, -0.1) is 0 Å². The quantitative estimate of drug-likeness (QED) is 0.701. The van der Waals surface area contributed by atoms with Crippen LogP contribution in [0.3, 0.4) is 0 Å². The number of rotatable bonds is 3. The maximum Gasteiger partial charge on any atom is 0.305 e. The van der Waals surface area contributed by atoms with Gasteiger partial charge in [-0.1, -0.05) is 0 Å². The Hall–Kier alpha value is -1.63. The predicted octanol–water partition coefficient (Wildman–Crippen LogP) is -0.785. The molecule has 0 aromatic heterocycles. The van der Waals surface area contributed by atoms with Gasteiger partial charge in [0.05, 0.1) is 31.6 Å². The van der Waals surface area contributed by atoms with E-state index in [1.54, 1.807) is 4.90 Å². The van der Waals surface area contributed by atoms with Crippen molar-refractivity contribution >= 4 is 17.8 Å². The molecule has 2 rings (SSSR count). The summed E-state index contributed by atoms with van der Waals surface area (Å²) in [5, 5.41) is 11.5. The average Bonchev–Trinajstić information content (AvgIpc) is 2.39. The highest BCUT2D eigenvalue weighted by Crippen LogP contribution is 2.19. The first-order chi connectivity index (χ1) is 9.08. The predicted molar refractivity (Wildman–Crippen MR) is 64.3 cm³/mol. The number of nitrogens with one attached hydrogen (secondary N) is 1. The smallest absolute Gasteiger partial charge is 0.305 e. The van der Waals surface area contributed by atoms with Crippen LogP contribution >= 0.6 is 0 Å². The molecule has 2 atom stereocenters. The minimum absolute atomic E-state index is 0.0342. The van der Waals surface area contributed by atoms with Gasteiger partial charge in [-0.2, -0.15) is 0 Å². The van der Waals surface area contributed by atoms with Gasteiger partial charge in [-0.3, -0.25) is 14.4 Å². The Kier molecular flexibility index (Phi) is 4.36. The van der Waals surface area contributed by atoms with Crippen LogP contribution in [0.15, 0.2) is 0 Å². The summed E-state index contributed by atoms with van der Waals surface area (Å²) in [6, 6.07) is -0.406. The summed E-state index contributed by atoms with van der Waals surface area (Å²) in [6.07, 6.45) is 0.775. The van der Waals surface area contributed by atoms with E-state index in [9.17, 15) is 14.4 Å². The van der Waals surface area contributed by atoms with E-state index in [1.165, 1.54) is 0 Å². The zero-order valence-electron chi connectivity index (χ0n) is 10.6. The number of nitrogens with zero attached hydrogens (tertiary/aromatic N) is 1. The fourth-order valence-electron chi connectivity index (χ4n) is 2.49. The fourth-order valence-corrected chi connectivity index (χ4v) is 2.49. The summed E-state index contributed by atoms with van der Waals surface area (Å²) < 4.78 is 5.24. The van der Waals surface area contributed by atoms with Crippen LogP contribution in [-0.4, -0.2) is 60.1 Å². The second-order valence-corrected chi connectivity index (χ2v) is 4.90. The minimum atomic E-state index is -0.940. The maximum atomic E-state index is 12.4. The van der Waals surface area contributed by atoms with Crippen molar-refractivity contribution in [1.82, 2.24) is 10.2 Å². The normalized spacial score (nSPS) is 27.8. The number of hydrogen-bond donors (Lipinski definition) is 2. The number of piperidine rings is 1. The van der Waals surface area contributed by atoms with E-state index >= 15 is 0 Å². The van der Waals surface area contributed by atoms with Crippen molar-refractivity contribution in [2.45, 2.75) is 25.3 Å². The lowest BCUT2D eigenvalue weighted by atomic mass is 9.96. The minimum Gasteiger partial charge on any atom is -0.481 e. The van der Waals surface area contributed by atoms with Gasteiger partial charge in [0, 0.05) is 19.5 Å². The van der Waals surface area contributed by atoms with E-state index in [4.69, 9.17) is 9.84 Å². The third-order valence-electron chi connectivity index (χ3n) is 3.54. The molecule has 2 amide bonds. The number of carboxylic acids is 1. The number of carbonyl (C=O) groups is 3. The molecule has 0 spiro atoms. The Balaban J connectivity index is 1.98. The zero-order valence-corrected chi connectivity index (χ0v) is 10.6. The third kappa shape index (κ3) is 3.44. The van der Waals surface area contributed by atoms with E-state index in [0.717, 1.165) is 0 Å². The fraction of sp³-hybridized carbons (Fsp3) is 0.750. The highest BCUT2D eigenvalue weighted by molar-refractivity contribution is 5.84. The molecule has 0 saturated carbocycles. The molecule has 0 aromatic carbocycles. The van der Waals surface area contributed by atoms with Crippen LogP contribution in [0.25, 0.3) is 0 Å². The third-order valence-corrected chi connectivity index (χ3v) is 3.54. The monoisotopic (exact) mass is 270 g/mol. The standard InChI is InChI=1S/C12H18N2O5/c15-10-2-1-8(6-13-10)12(18)14-3-4-19-7-9(14)5-11(16)17/h8-9H,1-7H2,(H,13,15)(H,16,17). The highest BCUT2D eigenvalue weighted by atomic mass is 16.5. The van der Waals surface area contributed by atoms with Crippen LogP contribution in [0.2, 0.25) is 0 Å². The molecule has 0 bridgehead atoms. The SMILES string of the molecule is O=C(O)CC1COCCN1C(=O)C1CCC(=O)NC1. The van der Waals surface area contributed by atoms with Gasteiger partial charge in [0.1, 0.15) is 0 Å². The first kappa shape index (κ1) is 13.8. The zero-order chi connectivity index (χ0) is 13.8. The number of ether oxygens (including phenoxy) is 1. The lowest BCUT2D eigenvalue weighted by molar-refractivity contribution is -0.149. The molecule has 19 heavy (non-hydrogen) atoms. The summed E-state index contributed by atoms with van der Waals surface area (Å²) in [5.74, 6) is -1.29. The Morgan fingerprint density at radius 3 is 2.89 bits per heavy atom. The lowest BCUT2D eigenvalue weighted by Gasteiger charge is -2.37. The van der Waals surface area contributed by atoms with E-state index in [1.807, 2.05) is 0 Å². The molecule has 2 fully saturated rings. The summed E-state index contributed by atoms with van der Waals surface area (Å²) in [6.45, 7) is 1.45. The van der Waals surface area contributed by atoms with E-state index in [2.05, 4.69) is 5.32 Å². The molecule has 2 N–H and O–H groups in total. The van der Waals surface area contributed by atoms with Crippen LogP contribution in [0.5, 0.6) is 0 Å². The van der Waals surface area contributed by atoms with Gasteiger partial charge in [0.2, 0.25) is 11.8 Å². The first-order valence-electron chi connectivity index (χ1n) is 6.44. The molecular weight excluding hydrogens is 252 g/mol.